The van der Waals surface area contributed by atoms with E-state index in [1.165, 1.54) is 5.56 Å². The Labute approximate surface area is 124 Å². The van der Waals surface area contributed by atoms with Crippen molar-refractivity contribution in [2.45, 2.75) is 32.4 Å². The molecule has 1 fully saturated rings. The lowest BCUT2D eigenvalue weighted by Crippen LogP contribution is -2.58. The molecular weight excluding hydrogens is 246 g/mol. The van der Waals surface area contributed by atoms with E-state index in [4.69, 9.17) is 0 Å². The molecule has 1 aliphatic heterocycles. The lowest BCUT2D eigenvalue weighted by atomic mass is 9.98. The molecule has 1 aromatic rings. The Morgan fingerprint density at radius 3 is 2.50 bits per heavy atom. The fourth-order valence-electron chi connectivity index (χ4n) is 2.97. The van der Waals surface area contributed by atoms with Crippen LogP contribution in [0.2, 0.25) is 0 Å². The molecular formula is C17H29N3. The standard InChI is InChI=1S/C17H29N3/c1-5-18-16(15-9-7-6-8-10-15)13-20-12-11-19(4)17(2,3)14-20/h6-10,16,18H,5,11-14H2,1-4H3. The zero-order valence-corrected chi connectivity index (χ0v) is 13.4. The third-order valence-corrected chi connectivity index (χ3v) is 4.49. The number of rotatable bonds is 5. The molecule has 0 radical (unpaired) electrons. The summed E-state index contributed by atoms with van der Waals surface area (Å²) in [6, 6.07) is 11.2. The number of piperazine rings is 1. The minimum Gasteiger partial charge on any atom is -0.309 e. The van der Waals surface area contributed by atoms with Crippen molar-refractivity contribution in [3.8, 4) is 0 Å². The number of nitrogens with one attached hydrogen (secondary N) is 1. The molecule has 1 unspecified atom stereocenters. The van der Waals surface area contributed by atoms with Crippen molar-refractivity contribution in [3.05, 3.63) is 35.9 Å². The maximum Gasteiger partial charge on any atom is 0.0449 e. The van der Waals surface area contributed by atoms with Gasteiger partial charge in [0.25, 0.3) is 0 Å². The molecule has 112 valence electrons. The predicted octanol–water partition coefficient (Wildman–Crippen LogP) is 2.36. The summed E-state index contributed by atoms with van der Waals surface area (Å²) in [6.45, 7) is 12.4. The molecule has 3 nitrogen and oxygen atoms in total. The van der Waals surface area contributed by atoms with Crippen LogP contribution >= 0.6 is 0 Å². The van der Waals surface area contributed by atoms with Gasteiger partial charge in [0, 0.05) is 37.8 Å². The average molecular weight is 275 g/mol. The Hall–Kier alpha value is -0.900. The number of likely N-dealkylation sites (N-methyl/N-ethyl adjacent to an activating group) is 2. The average Bonchev–Trinajstić information content (AvgIpc) is 2.43. The van der Waals surface area contributed by atoms with Crippen molar-refractivity contribution in [2.75, 3.05) is 39.8 Å². The summed E-state index contributed by atoms with van der Waals surface area (Å²) in [5.74, 6) is 0. The Kier molecular flexibility index (Phi) is 5.19. The minimum atomic E-state index is 0.270. The number of benzene rings is 1. The van der Waals surface area contributed by atoms with Gasteiger partial charge in [0.1, 0.15) is 0 Å². The van der Waals surface area contributed by atoms with Crippen LogP contribution in [0.3, 0.4) is 0 Å². The Morgan fingerprint density at radius 2 is 1.90 bits per heavy atom. The van der Waals surface area contributed by atoms with Crippen molar-refractivity contribution in [1.29, 1.82) is 0 Å². The highest BCUT2D eigenvalue weighted by Gasteiger charge is 2.31. The molecule has 0 bridgehead atoms. The summed E-state index contributed by atoms with van der Waals surface area (Å²) < 4.78 is 0. The first-order chi connectivity index (χ1) is 9.53. The monoisotopic (exact) mass is 275 g/mol. The van der Waals surface area contributed by atoms with Crippen LogP contribution < -0.4 is 5.32 Å². The summed E-state index contributed by atoms with van der Waals surface area (Å²) in [5, 5.41) is 3.63. The topological polar surface area (TPSA) is 18.5 Å². The molecule has 0 saturated carbocycles. The molecule has 1 heterocycles. The Morgan fingerprint density at radius 1 is 1.20 bits per heavy atom. The van der Waals surface area contributed by atoms with E-state index < -0.39 is 0 Å². The number of hydrogen-bond acceptors (Lipinski definition) is 3. The maximum atomic E-state index is 3.63. The largest absolute Gasteiger partial charge is 0.309 e. The molecule has 0 aliphatic carbocycles. The zero-order chi connectivity index (χ0) is 14.6. The Balaban J connectivity index is 2.02. The molecule has 0 amide bonds. The van der Waals surface area contributed by atoms with Crippen LogP contribution in [0.25, 0.3) is 0 Å². The van der Waals surface area contributed by atoms with Crippen molar-refractivity contribution in [1.82, 2.24) is 15.1 Å². The van der Waals surface area contributed by atoms with Gasteiger partial charge in [-0.25, -0.2) is 0 Å². The van der Waals surface area contributed by atoms with E-state index in [9.17, 15) is 0 Å². The second-order valence-corrected chi connectivity index (χ2v) is 6.49. The van der Waals surface area contributed by atoms with Gasteiger partial charge in [-0.05, 0) is 33.0 Å². The van der Waals surface area contributed by atoms with Crippen LogP contribution in [0.1, 0.15) is 32.4 Å². The first kappa shape index (κ1) is 15.5. The summed E-state index contributed by atoms with van der Waals surface area (Å²) in [7, 11) is 2.23. The maximum absolute atomic E-state index is 3.63. The highest BCUT2D eigenvalue weighted by Crippen LogP contribution is 2.21. The van der Waals surface area contributed by atoms with Gasteiger partial charge in [-0.3, -0.25) is 9.80 Å². The smallest absolute Gasteiger partial charge is 0.0449 e. The summed E-state index contributed by atoms with van der Waals surface area (Å²) >= 11 is 0. The highest BCUT2D eigenvalue weighted by molar-refractivity contribution is 5.19. The number of nitrogens with zero attached hydrogens (tertiary/aromatic N) is 2. The molecule has 20 heavy (non-hydrogen) atoms. The van der Waals surface area contributed by atoms with Crippen molar-refractivity contribution >= 4 is 0 Å². The molecule has 1 saturated heterocycles. The first-order valence-electron chi connectivity index (χ1n) is 7.75. The fraction of sp³-hybridized carbons (Fsp3) is 0.647. The molecule has 1 N–H and O–H groups in total. The van der Waals surface area contributed by atoms with Crippen LogP contribution in [-0.4, -0.2) is 55.1 Å². The molecule has 1 atom stereocenters. The van der Waals surface area contributed by atoms with Crippen LogP contribution in [0.15, 0.2) is 30.3 Å². The lowest BCUT2D eigenvalue weighted by Gasteiger charge is -2.46. The van der Waals surface area contributed by atoms with E-state index in [2.05, 4.69) is 73.3 Å². The Bertz CT molecular complexity index is 402. The molecule has 1 aliphatic rings. The van der Waals surface area contributed by atoms with E-state index in [1.807, 2.05) is 0 Å². The van der Waals surface area contributed by atoms with E-state index in [0.717, 1.165) is 32.7 Å². The van der Waals surface area contributed by atoms with Gasteiger partial charge >= 0.3 is 0 Å². The highest BCUT2D eigenvalue weighted by atomic mass is 15.3. The third kappa shape index (κ3) is 3.81. The van der Waals surface area contributed by atoms with Gasteiger partial charge in [-0.1, -0.05) is 37.3 Å². The van der Waals surface area contributed by atoms with Crippen molar-refractivity contribution in [2.24, 2.45) is 0 Å². The molecule has 0 aromatic heterocycles. The second kappa shape index (κ2) is 6.70. The quantitative estimate of drug-likeness (QED) is 0.890. The normalized spacial score (nSPS) is 21.8. The van der Waals surface area contributed by atoms with Gasteiger partial charge < -0.3 is 5.32 Å². The van der Waals surface area contributed by atoms with E-state index in [1.54, 1.807) is 0 Å². The van der Waals surface area contributed by atoms with Crippen LogP contribution in [0, 0.1) is 0 Å². The molecule has 0 spiro atoms. The molecule has 3 heteroatoms. The van der Waals surface area contributed by atoms with Gasteiger partial charge in [0.15, 0.2) is 0 Å². The van der Waals surface area contributed by atoms with Gasteiger partial charge in [0.05, 0.1) is 0 Å². The van der Waals surface area contributed by atoms with Crippen LogP contribution in [0.5, 0.6) is 0 Å². The molecule has 2 rings (SSSR count). The first-order valence-corrected chi connectivity index (χ1v) is 7.75. The van der Waals surface area contributed by atoms with E-state index >= 15 is 0 Å². The minimum absolute atomic E-state index is 0.270. The third-order valence-electron chi connectivity index (χ3n) is 4.49. The van der Waals surface area contributed by atoms with E-state index in [-0.39, 0.29) is 5.54 Å². The summed E-state index contributed by atoms with van der Waals surface area (Å²) in [5.41, 5.74) is 1.66. The lowest BCUT2D eigenvalue weighted by molar-refractivity contribution is 0.0352. The SMILES string of the molecule is CCNC(CN1CCN(C)C(C)(C)C1)c1ccccc1. The van der Waals surface area contributed by atoms with Gasteiger partial charge in [-0.2, -0.15) is 0 Å². The van der Waals surface area contributed by atoms with Crippen molar-refractivity contribution < 1.29 is 0 Å². The number of hydrogen-bond donors (Lipinski definition) is 1. The predicted molar refractivity (Wildman–Crippen MR) is 86.0 cm³/mol. The van der Waals surface area contributed by atoms with Gasteiger partial charge in [0.2, 0.25) is 0 Å². The summed E-state index contributed by atoms with van der Waals surface area (Å²) in [6.07, 6.45) is 0. The van der Waals surface area contributed by atoms with Crippen molar-refractivity contribution in [3.63, 3.8) is 0 Å². The fourth-order valence-corrected chi connectivity index (χ4v) is 2.97. The van der Waals surface area contributed by atoms with Crippen LogP contribution in [0.4, 0.5) is 0 Å². The van der Waals surface area contributed by atoms with E-state index in [0.29, 0.717) is 6.04 Å². The molecule has 1 aromatic carbocycles. The zero-order valence-electron chi connectivity index (χ0n) is 13.4. The second-order valence-electron chi connectivity index (χ2n) is 6.49. The van der Waals surface area contributed by atoms with Gasteiger partial charge in [-0.15, -0.1) is 0 Å². The summed E-state index contributed by atoms with van der Waals surface area (Å²) in [4.78, 5) is 5.06. The van der Waals surface area contributed by atoms with Crippen LogP contribution in [-0.2, 0) is 0 Å².